The smallest absolute Gasteiger partial charge is 0.137 e. The van der Waals surface area contributed by atoms with Crippen molar-refractivity contribution >= 4 is 103 Å². The first-order chi connectivity index (χ1) is 28.3. The van der Waals surface area contributed by atoms with E-state index < -0.39 is 0 Å². The zero-order valence-corrected chi connectivity index (χ0v) is 31.6. The van der Waals surface area contributed by atoms with Gasteiger partial charge in [-0.3, -0.25) is 0 Å². The molecule has 0 saturated carbocycles. The van der Waals surface area contributed by atoms with Gasteiger partial charge in [0.25, 0.3) is 0 Å². The highest BCUT2D eigenvalue weighted by Gasteiger charge is 2.25. The molecule has 12 aromatic rings. The Bertz CT molecular complexity index is 3530. The molecule has 266 valence electrons. The van der Waals surface area contributed by atoms with E-state index in [9.17, 15) is 0 Å². The maximum Gasteiger partial charge on any atom is 0.137 e. The van der Waals surface area contributed by atoms with E-state index >= 15 is 0 Å². The molecule has 2 heterocycles. The highest BCUT2D eigenvalue weighted by Crippen LogP contribution is 2.51. The van der Waals surface area contributed by atoms with Gasteiger partial charge in [-0.1, -0.05) is 158 Å². The Labute approximate surface area is 333 Å². The Hall–Kier alpha value is -7.20. The molecular formula is C54H33NOS. The van der Waals surface area contributed by atoms with Crippen LogP contribution in [-0.2, 0) is 0 Å². The Balaban J connectivity index is 1.16. The molecule has 0 aliphatic heterocycles. The first-order valence-electron chi connectivity index (χ1n) is 19.4. The number of nitrogens with zero attached hydrogens (tertiary/aromatic N) is 1. The highest BCUT2D eigenvalue weighted by atomic mass is 32.1. The van der Waals surface area contributed by atoms with Crippen LogP contribution in [0.4, 0.5) is 17.1 Å². The van der Waals surface area contributed by atoms with E-state index in [-0.39, 0.29) is 0 Å². The van der Waals surface area contributed by atoms with Crippen LogP contribution in [-0.4, -0.2) is 0 Å². The fourth-order valence-electron chi connectivity index (χ4n) is 9.10. The number of rotatable bonds is 5. The fraction of sp³-hybridized carbons (Fsp3) is 0. The molecule has 0 unspecified atom stereocenters. The molecule has 0 spiro atoms. The van der Waals surface area contributed by atoms with Crippen LogP contribution in [0.1, 0.15) is 0 Å². The van der Waals surface area contributed by atoms with Gasteiger partial charge in [0.1, 0.15) is 11.2 Å². The molecule has 0 bridgehead atoms. The Kier molecular flexibility index (Phi) is 7.13. The van der Waals surface area contributed by atoms with Crippen LogP contribution >= 0.6 is 11.3 Å². The summed E-state index contributed by atoms with van der Waals surface area (Å²) in [5.41, 5.74) is 9.84. The summed E-state index contributed by atoms with van der Waals surface area (Å²) in [6.07, 6.45) is 0. The van der Waals surface area contributed by atoms with E-state index in [2.05, 4.69) is 199 Å². The van der Waals surface area contributed by atoms with Gasteiger partial charge in [-0.2, -0.15) is 0 Å². The first kappa shape index (κ1) is 32.1. The second-order valence-corrected chi connectivity index (χ2v) is 15.8. The molecule has 57 heavy (non-hydrogen) atoms. The van der Waals surface area contributed by atoms with E-state index in [0.29, 0.717) is 0 Å². The molecule has 10 aromatic carbocycles. The Morgan fingerprint density at radius 3 is 1.79 bits per heavy atom. The first-order valence-corrected chi connectivity index (χ1v) is 20.2. The topological polar surface area (TPSA) is 16.4 Å². The molecule has 0 aliphatic carbocycles. The number of hydrogen-bond acceptors (Lipinski definition) is 3. The summed E-state index contributed by atoms with van der Waals surface area (Å²) in [4.78, 5) is 2.46. The average Bonchev–Trinajstić information content (AvgIpc) is 3.85. The maximum atomic E-state index is 6.56. The van der Waals surface area contributed by atoms with Gasteiger partial charge >= 0.3 is 0 Å². The van der Waals surface area contributed by atoms with Crippen molar-refractivity contribution in [2.24, 2.45) is 0 Å². The van der Waals surface area contributed by atoms with Gasteiger partial charge < -0.3 is 9.32 Å². The summed E-state index contributed by atoms with van der Waals surface area (Å²) in [5, 5.41) is 12.1. The molecule has 0 N–H and O–H groups in total. The van der Waals surface area contributed by atoms with Crippen molar-refractivity contribution in [3.63, 3.8) is 0 Å². The minimum atomic E-state index is 0.864. The molecule has 2 nitrogen and oxygen atoms in total. The van der Waals surface area contributed by atoms with Gasteiger partial charge in [-0.25, -0.2) is 0 Å². The minimum Gasteiger partial charge on any atom is -0.456 e. The lowest BCUT2D eigenvalue weighted by Gasteiger charge is -2.31. The molecule has 12 rings (SSSR count). The predicted octanol–water partition coefficient (Wildman–Crippen LogP) is 16.2. The molecule has 0 amide bonds. The molecular weight excluding hydrogens is 711 g/mol. The van der Waals surface area contributed by atoms with E-state index in [1.54, 1.807) is 0 Å². The number of para-hydroxylation sites is 1. The minimum absolute atomic E-state index is 0.864. The van der Waals surface area contributed by atoms with Crippen LogP contribution in [0.25, 0.3) is 96.7 Å². The van der Waals surface area contributed by atoms with E-state index in [4.69, 9.17) is 4.42 Å². The van der Waals surface area contributed by atoms with Crippen molar-refractivity contribution in [3.05, 3.63) is 200 Å². The zero-order valence-electron chi connectivity index (χ0n) is 30.8. The zero-order chi connectivity index (χ0) is 37.5. The molecule has 0 atom stereocenters. The third kappa shape index (κ3) is 4.96. The van der Waals surface area contributed by atoms with Crippen LogP contribution < -0.4 is 4.90 Å². The third-order valence-electron chi connectivity index (χ3n) is 11.6. The normalized spacial score (nSPS) is 11.9. The number of furan rings is 1. The number of hydrogen-bond donors (Lipinski definition) is 0. The molecule has 0 radical (unpaired) electrons. The summed E-state index contributed by atoms with van der Waals surface area (Å²) in [7, 11) is 0. The van der Waals surface area contributed by atoms with Gasteiger partial charge in [0.15, 0.2) is 0 Å². The van der Waals surface area contributed by atoms with Gasteiger partial charge in [0, 0.05) is 59.3 Å². The lowest BCUT2D eigenvalue weighted by molar-refractivity contribution is 0.669. The number of benzene rings is 10. The lowest BCUT2D eigenvalue weighted by Crippen LogP contribution is -2.12. The SMILES string of the molecule is c1ccc2c(-c3c(N(c4ccc(-c5cccc6c5sc5ccccc56)cc4)c4ccc5c(c4)oc4ccccc45)c4ccccc4c4ccccc34)cccc2c1. The second-order valence-electron chi connectivity index (χ2n) is 14.8. The quantitative estimate of drug-likeness (QED) is 0.163. The Morgan fingerprint density at radius 2 is 0.947 bits per heavy atom. The highest BCUT2D eigenvalue weighted by molar-refractivity contribution is 7.26. The van der Waals surface area contributed by atoms with Crippen LogP contribution in [0.3, 0.4) is 0 Å². The van der Waals surface area contributed by atoms with Gasteiger partial charge in [0.05, 0.1) is 5.69 Å². The van der Waals surface area contributed by atoms with Crippen LogP contribution in [0, 0.1) is 0 Å². The molecule has 0 fully saturated rings. The van der Waals surface area contributed by atoms with Crippen LogP contribution in [0.5, 0.6) is 0 Å². The summed E-state index contributed by atoms with van der Waals surface area (Å²) < 4.78 is 9.19. The number of anilines is 3. The monoisotopic (exact) mass is 743 g/mol. The van der Waals surface area contributed by atoms with Crippen molar-refractivity contribution in [1.82, 2.24) is 0 Å². The molecule has 2 aromatic heterocycles. The van der Waals surface area contributed by atoms with Crippen LogP contribution in [0.2, 0.25) is 0 Å². The van der Waals surface area contributed by atoms with Crippen molar-refractivity contribution in [3.8, 4) is 22.3 Å². The summed E-state index contributed by atoms with van der Waals surface area (Å²) in [6.45, 7) is 0. The predicted molar refractivity (Wildman–Crippen MR) is 245 cm³/mol. The van der Waals surface area contributed by atoms with Crippen molar-refractivity contribution in [2.45, 2.75) is 0 Å². The lowest BCUT2D eigenvalue weighted by atomic mass is 9.88. The molecule has 0 saturated heterocycles. The van der Waals surface area contributed by atoms with E-state index in [1.807, 2.05) is 17.4 Å². The standard InChI is InChI=1S/C54H33NOS/c1-2-15-38-34(13-1)14-11-23-45(38)52-46-20-5-3-16-40(46)41-17-4-6-21-47(41)53(52)55(37-31-32-43-42-18-7-9-25-49(42)56-50(43)33-37)36-29-27-35(28-30-36)39-22-12-24-48-44-19-8-10-26-51(44)57-54(39)48/h1-33H. The average molecular weight is 744 g/mol. The van der Waals surface area contributed by atoms with Crippen molar-refractivity contribution in [2.75, 3.05) is 4.90 Å². The summed E-state index contributed by atoms with van der Waals surface area (Å²) in [6, 6.07) is 72.8. The third-order valence-corrected chi connectivity index (χ3v) is 12.9. The fourth-order valence-corrected chi connectivity index (χ4v) is 10.3. The summed E-state index contributed by atoms with van der Waals surface area (Å²) >= 11 is 1.87. The van der Waals surface area contributed by atoms with E-state index in [1.165, 1.54) is 74.7 Å². The Morgan fingerprint density at radius 1 is 0.368 bits per heavy atom. The van der Waals surface area contributed by atoms with Crippen LogP contribution in [0.15, 0.2) is 205 Å². The second kappa shape index (κ2) is 12.7. The van der Waals surface area contributed by atoms with Crippen molar-refractivity contribution < 1.29 is 4.42 Å². The largest absolute Gasteiger partial charge is 0.456 e. The maximum absolute atomic E-state index is 6.56. The van der Waals surface area contributed by atoms with E-state index in [0.717, 1.165) is 39.0 Å². The van der Waals surface area contributed by atoms with Crippen molar-refractivity contribution in [1.29, 1.82) is 0 Å². The molecule has 0 aliphatic rings. The van der Waals surface area contributed by atoms with Gasteiger partial charge in [-0.15, -0.1) is 11.3 Å². The number of thiophene rings is 1. The van der Waals surface area contributed by atoms with Gasteiger partial charge in [0.2, 0.25) is 0 Å². The van der Waals surface area contributed by atoms with Gasteiger partial charge in [-0.05, 0) is 80.0 Å². The molecule has 3 heteroatoms. The summed E-state index contributed by atoms with van der Waals surface area (Å²) in [5.74, 6) is 0. The number of fused-ring (bicyclic) bond motifs is 10.